The van der Waals surface area contributed by atoms with E-state index in [1.807, 2.05) is 6.92 Å². The van der Waals surface area contributed by atoms with Crippen molar-refractivity contribution in [3.8, 4) is 17.5 Å². The van der Waals surface area contributed by atoms with E-state index in [4.69, 9.17) is 0 Å². The zero-order valence-electron chi connectivity index (χ0n) is 16.8. The van der Waals surface area contributed by atoms with Crippen LogP contribution in [0.2, 0.25) is 0 Å². The highest BCUT2D eigenvalue weighted by molar-refractivity contribution is 6.11. The Balaban J connectivity index is 1.71. The van der Waals surface area contributed by atoms with Crippen molar-refractivity contribution in [1.29, 1.82) is 0 Å². The third kappa shape index (κ3) is 2.33. The van der Waals surface area contributed by atoms with Gasteiger partial charge in [-0.1, -0.05) is 60.5 Å². The van der Waals surface area contributed by atoms with E-state index in [2.05, 4.69) is 112 Å². The van der Waals surface area contributed by atoms with E-state index in [1.54, 1.807) is 0 Å². The van der Waals surface area contributed by atoms with Crippen LogP contribution in [0.4, 0.5) is 0 Å². The van der Waals surface area contributed by atoms with E-state index in [1.165, 1.54) is 49.3 Å². The van der Waals surface area contributed by atoms with Gasteiger partial charge in [0.05, 0.1) is 23.1 Å². The molecular weight excluding hydrogens is 364 g/mol. The lowest BCUT2D eigenvalue weighted by atomic mass is 10.1. The normalized spacial score (nSPS) is 11.4. The molecule has 0 aliphatic rings. The molecule has 0 N–H and O–H groups in total. The predicted octanol–water partition coefficient (Wildman–Crippen LogP) is 6.91. The molecule has 2 heteroatoms. The molecule has 142 valence electrons. The van der Waals surface area contributed by atoms with Crippen molar-refractivity contribution in [3.63, 3.8) is 0 Å². The summed E-state index contributed by atoms with van der Waals surface area (Å²) in [4.78, 5) is 0. The van der Waals surface area contributed by atoms with Gasteiger partial charge in [-0.2, -0.15) is 0 Å². The van der Waals surface area contributed by atoms with Gasteiger partial charge in [0.2, 0.25) is 0 Å². The number of para-hydroxylation sites is 3. The Kier molecular flexibility index (Phi) is 3.69. The molecule has 6 rings (SSSR count). The second-order valence-electron chi connectivity index (χ2n) is 7.60. The maximum Gasteiger partial charge on any atom is 0.0843 e. The summed E-state index contributed by atoms with van der Waals surface area (Å²) in [5, 5.41) is 5.11. The van der Waals surface area contributed by atoms with Crippen molar-refractivity contribution >= 4 is 43.6 Å². The molecule has 0 amide bonds. The minimum absolute atomic E-state index is 0.704. The van der Waals surface area contributed by atoms with Gasteiger partial charge in [0.15, 0.2) is 0 Å². The molecule has 4 aromatic carbocycles. The molecule has 0 bridgehead atoms. The lowest BCUT2D eigenvalue weighted by molar-refractivity contribution is 0.923. The van der Waals surface area contributed by atoms with Gasteiger partial charge in [0.25, 0.3) is 0 Å². The minimum Gasteiger partial charge on any atom is -0.329 e. The molecule has 0 atom stereocenters. The van der Waals surface area contributed by atoms with E-state index in [-0.39, 0.29) is 0 Å². The van der Waals surface area contributed by atoms with Crippen LogP contribution in [-0.4, -0.2) is 9.13 Å². The summed E-state index contributed by atoms with van der Waals surface area (Å²) < 4.78 is 4.69. The highest BCUT2D eigenvalue weighted by Crippen LogP contribution is 2.35. The molecule has 0 saturated heterocycles. The first-order valence-electron chi connectivity index (χ1n) is 10.3. The number of rotatable bonds is 2. The summed E-state index contributed by atoms with van der Waals surface area (Å²) in [6, 6.07) is 32.7. The van der Waals surface area contributed by atoms with Crippen molar-refractivity contribution < 1.29 is 0 Å². The number of fused-ring (bicyclic) bond motifs is 6. The van der Waals surface area contributed by atoms with Crippen LogP contribution in [0.25, 0.3) is 49.3 Å². The van der Waals surface area contributed by atoms with E-state index in [9.17, 15) is 0 Å². The summed E-state index contributed by atoms with van der Waals surface area (Å²) in [6.45, 7) is 2.60. The lowest BCUT2D eigenvalue weighted by Gasteiger charge is -2.09. The maximum absolute atomic E-state index is 3.23. The molecule has 0 radical (unpaired) electrons. The Morgan fingerprint density at radius 2 is 1.13 bits per heavy atom. The van der Waals surface area contributed by atoms with Crippen LogP contribution >= 0.6 is 0 Å². The Bertz CT molecular complexity index is 1580. The Labute approximate surface area is 175 Å². The highest BCUT2D eigenvalue weighted by atomic mass is 15.0. The smallest absolute Gasteiger partial charge is 0.0843 e. The summed E-state index contributed by atoms with van der Waals surface area (Å²) in [6.07, 6.45) is 0. The second kappa shape index (κ2) is 6.54. The molecule has 0 spiro atoms. The SMILES string of the molecule is CC#CCn1c2ccccc2c2cc(-n3c4ccccc4c4ccccc43)ccc21. The van der Waals surface area contributed by atoms with E-state index in [0.29, 0.717) is 6.54 Å². The zero-order valence-corrected chi connectivity index (χ0v) is 16.8. The minimum atomic E-state index is 0.704. The molecular formula is C28H20N2. The van der Waals surface area contributed by atoms with Gasteiger partial charge in [-0.25, -0.2) is 0 Å². The fourth-order valence-corrected chi connectivity index (χ4v) is 4.71. The Hall–Kier alpha value is -3.96. The molecule has 2 aromatic heterocycles. The van der Waals surface area contributed by atoms with Crippen LogP contribution < -0.4 is 0 Å². The molecule has 0 aliphatic heterocycles. The van der Waals surface area contributed by atoms with Gasteiger partial charge in [0, 0.05) is 32.7 Å². The third-order valence-electron chi connectivity index (χ3n) is 6.01. The average Bonchev–Trinajstić information content (AvgIpc) is 3.30. The first-order chi connectivity index (χ1) is 14.9. The van der Waals surface area contributed by atoms with Crippen molar-refractivity contribution in [2.24, 2.45) is 0 Å². The maximum atomic E-state index is 3.23. The largest absolute Gasteiger partial charge is 0.329 e. The molecule has 6 aromatic rings. The van der Waals surface area contributed by atoms with Gasteiger partial charge in [-0.15, -0.1) is 5.92 Å². The van der Waals surface area contributed by atoms with Crippen LogP contribution in [-0.2, 0) is 6.54 Å². The van der Waals surface area contributed by atoms with Crippen molar-refractivity contribution in [2.75, 3.05) is 0 Å². The number of hydrogen-bond donors (Lipinski definition) is 0. The zero-order chi connectivity index (χ0) is 20.1. The molecule has 2 heterocycles. The first kappa shape index (κ1) is 16.9. The monoisotopic (exact) mass is 384 g/mol. The Morgan fingerprint density at radius 3 is 1.77 bits per heavy atom. The highest BCUT2D eigenvalue weighted by Gasteiger charge is 2.14. The molecule has 0 fully saturated rings. The van der Waals surface area contributed by atoms with Gasteiger partial charge < -0.3 is 9.13 Å². The molecule has 30 heavy (non-hydrogen) atoms. The number of benzene rings is 4. The first-order valence-corrected chi connectivity index (χ1v) is 10.3. The van der Waals surface area contributed by atoms with Gasteiger partial charge >= 0.3 is 0 Å². The van der Waals surface area contributed by atoms with Crippen LogP contribution in [0.3, 0.4) is 0 Å². The van der Waals surface area contributed by atoms with Crippen LogP contribution in [0, 0.1) is 11.8 Å². The quantitative estimate of drug-likeness (QED) is 0.287. The summed E-state index contributed by atoms with van der Waals surface area (Å²) in [5.74, 6) is 6.27. The summed E-state index contributed by atoms with van der Waals surface area (Å²) >= 11 is 0. The second-order valence-corrected chi connectivity index (χ2v) is 7.60. The number of aromatic nitrogens is 2. The van der Waals surface area contributed by atoms with Crippen LogP contribution in [0.5, 0.6) is 0 Å². The summed E-state index contributed by atoms with van der Waals surface area (Å²) in [7, 11) is 0. The standard InChI is InChI=1S/C28H20N2/c1-2-3-18-29-25-13-7-4-12-23(25)24-19-20(16-17-26(24)29)30-27-14-8-5-10-21(27)22-11-6-9-15-28(22)30/h4-17,19H,18H2,1H3. The average molecular weight is 384 g/mol. The van der Waals surface area contributed by atoms with E-state index in [0.717, 1.165) is 0 Å². The van der Waals surface area contributed by atoms with Gasteiger partial charge in [0.1, 0.15) is 0 Å². The fraction of sp³-hybridized carbons (Fsp3) is 0.0714. The van der Waals surface area contributed by atoms with Crippen molar-refractivity contribution in [3.05, 3.63) is 91.0 Å². The molecule has 0 unspecified atom stereocenters. The van der Waals surface area contributed by atoms with Crippen molar-refractivity contribution in [1.82, 2.24) is 9.13 Å². The van der Waals surface area contributed by atoms with Crippen molar-refractivity contribution in [2.45, 2.75) is 13.5 Å². The van der Waals surface area contributed by atoms with E-state index < -0.39 is 0 Å². The van der Waals surface area contributed by atoms with Gasteiger partial charge in [-0.3, -0.25) is 0 Å². The van der Waals surface area contributed by atoms with Crippen LogP contribution in [0.15, 0.2) is 91.0 Å². The molecule has 0 aliphatic carbocycles. The fourth-order valence-electron chi connectivity index (χ4n) is 4.71. The molecule has 0 saturated carbocycles. The summed E-state index contributed by atoms with van der Waals surface area (Å²) in [5.41, 5.74) is 6.11. The number of nitrogens with zero attached hydrogens (tertiary/aromatic N) is 2. The number of hydrogen-bond acceptors (Lipinski definition) is 0. The van der Waals surface area contributed by atoms with E-state index >= 15 is 0 Å². The Morgan fingerprint density at radius 1 is 0.600 bits per heavy atom. The molecule has 2 nitrogen and oxygen atoms in total. The van der Waals surface area contributed by atoms with Crippen LogP contribution in [0.1, 0.15) is 6.92 Å². The van der Waals surface area contributed by atoms with Gasteiger partial charge in [-0.05, 0) is 43.3 Å². The third-order valence-corrected chi connectivity index (χ3v) is 6.01. The topological polar surface area (TPSA) is 9.86 Å². The predicted molar refractivity (Wildman–Crippen MR) is 127 cm³/mol. The lowest BCUT2D eigenvalue weighted by Crippen LogP contribution is -1.96.